The lowest BCUT2D eigenvalue weighted by Gasteiger charge is -2.11. The summed E-state index contributed by atoms with van der Waals surface area (Å²) in [5.41, 5.74) is 6.88. The summed E-state index contributed by atoms with van der Waals surface area (Å²) in [5, 5.41) is 11.8. The van der Waals surface area contributed by atoms with E-state index in [0.717, 1.165) is 5.69 Å². The SMILES string of the molecule is COC(=O)c1ccc(NCC(N)CO)cc1. The largest absolute Gasteiger partial charge is 0.465 e. The Balaban J connectivity index is 2.54. The van der Waals surface area contributed by atoms with Crippen LogP contribution in [0.5, 0.6) is 0 Å². The number of ether oxygens (including phenoxy) is 1. The van der Waals surface area contributed by atoms with E-state index in [1.54, 1.807) is 24.3 Å². The number of aliphatic hydroxyl groups excluding tert-OH is 1. The van der Waals surface area contributed by atoms with Gasteiger partial charge >= 0.3 is 5.97 Å². The zero-order chi connectivity index (χ0) is 12.0. The number of rotatable bonds is 5. The van der Waals surface area contributed by atoms with Crippen LogP contribution >= 0.6 is 0 Å². The minimum Gasteiger partial charge on any atom is -0.465 e. The summed E-state index contributed by atoms with van der Waals surface area (Å²) in [7, 11) is 1.34. The van der Waals surface area contributed by atoms with Crippen molar-refractivity contribution in [1.29, 1.82) is 0 Å². The van der Waals surface area contributed by atoms with E-state index < -0.39 is 0 Å². The van der Waals surface area contributed by atoms with Crippen LogP contribution in [0.15, 0.2) is 24.3 Å². The van der Waals surface area contributed by atoms with Gasteiger partial charge in [0.05, 0.1) is 19.3 Å². The van der Waals surface area contributed by atoms with Crippen LogP contribution in [-0.4, -0.2) is 37.4 Å². The van der Waals surface area contributed by atoms with Crippen LogP contribution in [0, 0.1) is 0 Å². The highest BCUT2D eigenvalue weighted by molar-refractivity contribution is 5.89. The van der Waals surface area contributed by atoms with Gasteiger partial charge in [-0.15, -0.1) is 0 Å². The molecule has 1 aromatic rings. The van der Waals surface area contributed by atoms with Gasteiger partial charge in [0, 0.05) is 18.3 Å². The zero-order valence-electron chi connectivity index (χ0n) is 9.14. The quantitative estimate of drug-likeness (QED) is 0.622. The highest BCUT2D eigenvalue weighted by Crippen LogP contribution is 2.10. The van der Waals surface area contributed by atoms with Crippen LogP contribution in [0.25, 0.3) is 0 Å². The van der Waals surface area contributed by atoms with Crippen molar-refractivity contribution in [2.24, 2.45) is 5.73 Å². The second kappa shape index (κ2) is 6.09. The Morgan fingerprint density at radius 1 is 1.50 bits per heavy atom. The van der Waals surface area contributed by atoms with Crippen molar-refractivity contribution in [3.05, 3.63) is 29.8 Å². The van der Waals surface area contributed by atoms with Gasteiger partial charge in [-0.05, 0) is 24.3 Å². The lowest BCUT2D eigenvalue weighted by atomic mass is 10.2. The van der Waals surface area contributed by atoms with Crippen molar-refractivity contribution in [3.8, 4) is 0 Å². The first-order chi connectivity index (χ1) is 7.67. The maximum Gasteiger partial charge on any atom is 0.337 e. The number of hydrogen-bond acceptors (Lipinski definition) is 5. The molecule has 0 radical (unpaired) electrons. The molecule has 0 fully saturated rings. The first-order valence-electron chi connectivity index (χ1n) is 4.96. The molecule has 0 spiro atoms. The van der Waals surface area contributed by atoms with Gasteiger partial charge in [0.25, 0.3) is 0 Å². The van der Waals surface area contributed by atoms with Crippen molar-refractivity contribution >= 4 is 11.7 Å². The minimum absolute atomic E-state index is 0.0623. The molecule has 0 heterocycles. The molecular formula is C11H16N2O3. The van der Waals surface area contributed by atoms with E-state index in [1.165, 1.54) is 7.11 Å². The molecule has 4 N–H and O–H groups in total. The average Bonchev–Trinajstić information content (AvgIpc) is 2.35. The number of hydrogen-bond donors (Lipinski definition) is 3. The normalized spacial score (nSPS) is 11.9. The number of nitrogens with two attached hydrogens (primary N) is 1. The van der Waals surface area contributed by atoms with Crippen molar-refractivity contribution in [2.75, 3.05) is 25.6 Å². The summed E-state index contributed by atoms with van der Waals surface area (Å²) >= 11 is 0. The molecule has 5 heteroatoms. The van der Waals surface area contributed by atoms with E-state index in [1.807, 2.05) is 0 Å². The molecule has 0 aliphatic carbocycles. The summed E-state index contributed by atoms with van der Waals surface area (Å²) in [6.45, 7) is 0.418. The highest BCUT2D eigenvalue weighted by Gasteiger charge is 2.04. The smallest absolute Gasteiger partial charge is 0.337 e. The minimum atomic E-state index is -0.362. The Kier molecular flexibility index (Phi) is 4.75. The van der Waals surface area contributed by atoms with Gasteiger partial charge in [-0.25, -0.2) is 4.79 Å². The van der Waals surface area contributed by atoms with Crippen LogP contribution in [-0.2, 0) is 4.74 Å². The molecule has 0 aliphatic heterocycles. The number of esters is 1. The van der Waals surface area contributed by atoms with E-state index >= 15 is 0 Å². The fourth-order valence-corrected chi connectivity index (χ4v) is 1.16. The topological polar surface area (TPSA) is 84.6 Å². The van der Waals surface area contributed by atoms with E-state index in [-0.39, 0.29) is 18.6 Å². The monoisotopic (exact) mass is 224 g/mol. The number of aliphatic hydroxyl groups is 1. The second-order valence-electron chi connectivity index (χ2n) is 3.39. The van der Waals surface area contributed by atoms with Gasteiger partial charge in [-0.2, -0.15) is 0 Å². The van der Waals surface area contributed by atoms with Gasteiger partial charge < -0.3 is 20.9 Å². The molecule has 1 rings (SSSR count). The molecule has 5 nitrogen and oxygen atoms in total. The molecule has 0 saturated heterocycles. The number of anilines is 1. The van der Waals surface area contributed by atoms with E-state index in [0.29, 0.717) is 12.1 Å². The van der Waals surface area contributed by atoms with Crippen molar-refractivity contribution < 1.29 is 14.6 Å². The van der Waals surface area contributed by atoms with Gasteiger partial charge in [0.2, 0.25) is 0 Å². The van der Waals surface area contributed by atoms with E-state index in [2.05, 4.69) is 10.1 Å². The molecule has 1 aromatic carbocycles. The molecule has 0 bridgehead atoms. The number of nitrogens with one attached hydrogen (secondary N) is 1. The summed E-state index contributed by atoms with van der Waals surface area (Å²) in [4.78, 5) is 11.1. The first kappa shape index (κ1) is 12.5. The van der Waals surface area contributed by atoms with Crippen LogP contribution < -0.4 is 11.1 Å². The third-order valence-corrected chi connectivity index (χ3v) is 2.11. The zero-order valence-corrected chi connectivity index (χ0v) is 9.14. The fraction of sp³-hybridized carbons (Fsp3) is 0.364. The Bertz CT molecular complexity index is 338. The third kappa shape index (κ3) is 3.52. The predicted molar refractivity (Wildman–Crippen MR) is 61.3 cm³/mol. The maximum atomic E-state index is 11.1. The molecule has 0 saturated carbocycles. The Hall–Kier alpha value is -1.59. The van der Waals surface area contributed by atoms with Gasteiger partial charge in [-0.1, -0.05) is 0 Å². The Morgan fingerprint density at radius 2 is 2.12 bits per heavy atom. The van der Waals surface area contributed by atoms with E-state index in [9.17, 15) is 4.79 Å². The van der Waals surface area contributed by atoms with Crippen LogP contribution in [0.2, 0.25) is 0 Å². The molecule has 1 unspecified atom stereocenters. The highest BCUT2D eigenvalue weighted by atomic mass is 16.5. The molecule has 16 heavy (non-hydrogen) atoms. The number of benzene rings is 1. The number of carbonyl (C=O) groups excluding carboxylic acids is 1. The van der Waals surface area contributed by atoms with Crippen molar-refractivity contribution in [1.82, 2.24) is 0 Å². The standard InChI is InChI=1S/C11H16N2O3/c1-16-11(15)8-2-4-10(5-3-8)13-6-9(12)7-14/h2-5,9,13-14H,6-7,12H2,1H3. The molecule has 88 valence electrons. The molecule has 0 aliphatic rings. The number of carbonyl (C=O) groups is 1. The van der Waals surface area contributed by atoms with Crippen LogP contribution in [0.3, 0.4) is 0 Å². The van der Waals surface area contributed by atoms with Crippen molar-refractivity contribution in [3.63, 3.8) is 0 Å². The summed E-state index contributed by atoms with van der Waals surface area (Å²) < 4.78 is 4.58. The molecule has 0 amide bonds. The summed E-state index contributed by atoms with van der Waals surface area (Å²) in [6.07, 6.45) is 0. The first-order valence-corrected chi connectivity index (χ1v) is 4.96. The van der Waals surface area contributed by atoms with Crippen LogP contribution in [0.1, 0.15) is 10.4 Å². The molecular weight excluding hydrogens is 208 g/mol. The average molecular weight is 224 g/mol. The van der Waals surface area contributed by atoms with Gasteiger partial charge in [0.1, 0.15) is 0 Å². The second-order valence-corrected chi connectivity index (χ2v) is 3.39. The molecule has 0 aromatic heterocycles. The Morgan fingerprint density at radius 3 is 2.62 bits per heavy atom. The summed E-state index contributed by atoms with van der Waals surface area (Å²) in [6, 6.07) is 6.56. The Labute approximate surface area is 94.2 Å². The predicted octanol–water partition coefficient (Wildman–Crippen LogP) is 0.205. The van der Waals surface area contributed by atoms with Gasteiger partial charge in [0.15, 0.2) is 0 Å². The lowest BCUT2D eigenvalue weighted by molar-refractivity contribution is 0.0601. The van der Waals surface area contributed by atoms with Crippen molar-refractivity contribution in [2.45, 2.75) is 6.04 Å². The maximum absolute atomic E-state index is 11.1. The number of methoxy groups -OCH3 is 1. The summed E-state index contributed by atoms with van der Waals surface area (Å²) in [5.74, 6) is -0.362. The fourth-order valence-electron chi connectivity index (χ4n) is 1.16. The van der Waals surface area contributed by atoms with E-state index in [4.69, 9.17) is 10.8 Å². The molecule has 1 atom stereocenters. The van der Waals surface area contributed by atoms with Gasteiger partial charge in [-0.3, -0.25) is 0 Å². The van der Waals surface area contributed by atoms with Crippen LogP contribution in [0.4, 0.5) is 5.69 Å². The third-order valence-electron chi connectivity index (χ3n) is 2.11. The lowest BCUT2D eigenvalue weighted by Crippen LogP contribution is -2.32.